The molecule has 1 aliphatic heterocycles. The van der Waals surface area contributed by atoms with Gasteiger partial charge in [-0.15, -0.1) is 11.3 Å². The zero-order valence-corrected chi connectivity index (χ0v) is 16.6. The van der Waals surface area contributed by atoms with Crippen molar-refractivity contribution in [1.82, 2.24) is 10.3 Å². The first kappa shape index (κ1) is 19.5. The van der Waals surface area contributed by atoms with Gasteiger partial charge in [0.25, 0.3) is 0 Å². The molecule has 1 atom stereocenters. The van der Waals surface area contributed by atoms with E-state index in [2.05, 4.69) is 36.3 Å². The number of nitrogens with two attached hydrogens (primary N) is 1. The Hall–Kier alpha value is -2.25. The van der Waals surface area contributed by atoms with Crippen LogP contribution in [-0.2, 0) is 16.0 Å². The topological polar surface area (TPSA) is 88.3 Å². The molecule has 3 rings (SSSR count). The van der Waals surface area contributed by atoms with Crippen molar-refractivity contribution >= 4 is 28.3 Å². The van der Waals surface area contributed by atoms with Crippen LogP contribution in [0, 0.1) is 0 Å². The molecule has 1 saturated heterocycles. The number of thiazole rings is 1. The molecule has 2 amide bonds. The first-order chi connectivity index (χ1) is 12.9. The quantitative estimate of drug-likeness (QED) is 0.766. The molecule has 1 aromatic heterocycles. The monoisotopic (exact) mass is 386 g/mol. The number of hydrogen-bond acceptors (Lipinski definition) is 5. The Kier molecular flexibility index (Phi) is 6.23. The average Bonchev–Trinajstić information content (AvgIpc) is 3.28. The van der Waals surface area contributed by atoms with Gasteiger partial charge in [-0.3, -0.25) is 14.5 Å². The summed E-state index contributed by atoms with van der Waals surface area (Å²) in [5.41, 5.74) is 9.15. The van der Waals surface area contributed by atoms with Crippen molar-refractivity contribution in [1.29, 1.82) is 0 Å². The lowest BCUT2D eigenvalue weighted by Gasteiger charge is -2.14. The first-order valence-electron chi connectivity index (χ1n) is 9.31. The standard InChI is InChI=1S/C20H26N4O2S/c1-13(2)14-5-7-15(8-6-14)17(21)11-22-18(25)10-16-12-27-20(23-16)24-9-3-4-19(24)26/h5-8,12-13,17H,3-4,9-11,21H2,1-2H3,(H,22,25). The number of carbonyl (C=O) groups excluding carboxylic acids is 2. The summed E-state index contributed by atoms with van der Waals surface area (Å²) in [4.78, 5) is 30.1. The fourth-order valence-corrected chi connectivity index (χ4v) is 3.92. The Bertz CT molecular complexity index is 801. The van der Waals surface area contributed by atoms with E-state index in [0.717, 1.165) is 12.0 Å². The van der Waals surface area contributed by atoms with E-state index < -0.39 is 0 Å². The highest BCUT2D eigenvalue weighted by molar-refractivity contribution is 7.14. The molecule has 1 unspecified atom stereocenters. The summed E-state index contributed by atoms with van der Waals surface area (Å²) in [6.07, 6.45) is 1.63. The number of hydrogen-bond donors (Lipinski definition) is 2. The van der Waals surface area contributed by atoms with Crippen LogP contribution in [0.1, 0.15) is 55.5 Å². The van der Waals surface area contributed by atoms with Crippen molar-refractivity contribution < 1.29 is 9.59 Å². The summed E-state index contributed by atoms with van der Waals surface area (Å²) >= 11 is 1.41. The number of nitrogens with one attached hydrogen (secondary N) is 1. The van der Waals surface area contributed by atoms with Gasteiger partial charge in [-0.2, -0.15) is 0 Å². The van der Waals surface area contributed by atoms with E-state index in [4.69, 9.17) is 5.73 Å². The number of rotatable bonds is 7. The predicted octanol–water partition coefficient (Wildman–Crippen LogP) is 2.75. The number of benzene rings is 1. The first-order valence-corrected chi connectivity index (χ1v) is 10.2. The Balaban J connectivity index is 1.49. The van der Waals surface area contributed by atoms with Gasteiger partial charge in [0.05, 0.1) is 12.1 Å². The van der Waals surface area contributed by atoms with Crippen LogP contribution < -0.4 is 16.0 Å². The van der Waals surface area contributed by atoms with Crippen LogP contribution in [0.3, 0.4) is 0 Å². The molecule has 0 bridgehead atoms. The molecule has 0 spiro atoms. The minimum atomic E-state index is -0.247. The maximum atomic E-state index is 12.2. The number of anilines is 1. The molecule has 0 aliphatic carbocycles. The maximum absolute atomic E-state index is 12.2. The smallest absolute Gasteiger partial charge is 0.228 e. The molecule has 2 aromatic rings. The van der Waals surface area contributed by atoms with Gasteiger partial charge < -0.3 is 11.1 Å². The second-order valence-electron chi connectivity index (χ2n) is 7.18. The molecule has 3 N–H and O–H groups in total. The average molecular weight is 387 g/mol. The lowest BCUT2D eigenvalue weighted by atomic mass is 9.99. The lowest BCUT2D eigenvalue weighted by molar-refractivity contribution is -0.120. The normalized spacial score (nSPS) is 15.4. The Labute approximate surface area is 163 Å². The van der Waals surface area contributed by atoms with Crippen molar-refractivity contribution in [2.24, 2.45) is 5.73 Å². The van der Waals surface area contributed by atoms with Crippen molar-refractivity contribution in [3.05, 3.63) is 46.5 Å². The highest BCUT2D eigenvalue weighted by Crippen LogP contribution is 2.25. The summed E-state index contributed by atoms with van der Waals surface area (Å²) in [6.45, 7) is 5.39. The van der Waals surface area contributed by atoms with Gasteiger partial charge in [0.1, 0.15) is 0 Å². The Morgan fingerprint density at radius 2 is 2.00 bits per heavy atom. The number of carbonyl (C=O) groups is 2. The summed E-state index contributed by atoms with van der Waals surface area (Å²) in [5, 5.41) is 5.40. The van der Waals surface area contributed by atoms with Crippen LogP contribution >= 0.6 is 11.3 Å². The van der Waals surface area contributed by atoms with Gasteiger partial charge in [-0.25, -0.2) is 4.98 Å². The van der Waals surface area contributed by atoms with Crippen molar-refractivity contribution in [2.75, 3.05) is 18.0 Å². The van der Waals surface area contributed by atoms with Crippen molar-refractivity contribution in [2.45, 2.75) is 45.1 Å². The minimum Gasteiger partial charge on any atom is -0.354 e. The third-order valence-electron chi connectivity index (χ3n) is 4.74. The molecule has 0 radical (unpaired) electrons. The molecule has 1 aromatic carbocycles. The zero-order chi connectivity index (χ0) is 19.4. The van der Waals surface area contributed by atoms with E-state index in [1.165, 1.54) is 16.9 Å². The van der Waals surface area contributed by atoms with Gasteiger partial charge in [0.2, 0.25) is 11.8 Å². The molecular formula is C20H26N4O2S. The van der Waals surface area contributed by atoms with Crippen LogP contribution in [-0.4, -0.2) is 29.9 Å². The highest BCUT2D eigenvalue weighted by Gasteiger charge is 2.24. The van der Waals surface area contributed by atoms with Crippen molar-refractivity contribution in [3.63, 3.8) is 0 Å². The third kappa shape index (κ3) is 4.93. The van der Waals surface area contributed by atoms with Crippen LogP contribution in [0.4, 0.5) is 5.13 Å². The van der Waals surface area contributed by atoms with E-state index in [9.17, 15) is 9.59 Å². The van der Waals surface area contributed by atoms with E-state index in [-0.39, 0.29) is 24.3 Å². The predicted molar refractivity (Wildman–Crippen MR) is 108 cm³/mol. The Morgan fingerprint density at radius 1 is 1.30 bits per heavy atom. The van der Waals surface area contributed by atoms with E-state index in [1.807, 2.05) is 17.5 Å². The van der Waals surface area contributed by atoms with Crippen LogP contribution in [0.2, 0.25) is 0 Å². The third-order valence-corrected chi connectivity index (χ3v) is 5.65. The molecule has 6 nitrogen and oxygen atoms in total. The largest absolute Gasteiger partial charge is 0.354 e. The van der Waals surface area contributed by atoms with E-state index >= 15 is 0 Å². The van der Waals surface area contributed by atoms with Crippen LogP contribution in [0.25, 0.3) is 0 Å². The summed E-state index contributed by atoms with van der Waals surface area (Å²) in [6, 6.07) is 7.96. The van der Waals surface area contributed by atoms with Crippen molar-refractivity contribution in [3.8, 4) is 0 Å². The molecule has 2 heterocycles. The number of amides is 2. The van der Waals surface area contributed by atoms with Gasteiger partial charge in [0.15, 0.2) is 5.13 Å². The van der Waals surface area contributed by atoms with Crippen LogP contribution in [0.15, 0.2) is 29.6 Å². The van der Waals surface area contributed by atoms with Gasteiger partial charge in [-0.05, 0) is 23.5 Å². The summed E-state index contributed by atoms with van der Waals surface area (Å²) in [7, 11) is 0. The fraction of sp³-hybridized carbons (Fsp3) is 0.450. The minimum absolute atomic E-state index is 0.106. The molecule has 7 heteroatoms. The lowest BCUT2D eigenvalue weighted by Crippen LogP contribution is -2.33. The zero-order valence-electron chi connectivity index (χ0n) is 15.8. The highest BCUT2D eigenvalue weighted by atomic mass is 32.1. The molecule has 144 valence electrons. The van der Waals surface area contributed by atoms with Gasteiger partial charge in [0, 0.05) is 30.9 Å². The van der Waals surface area contributed by atoms with Gasteiger partial charge >= 0.3 is 0 Å². The molecule has 1 aliphatic rings. The fourth-order valence-electron chi connectivity index (χ4n) is 3.05. The molecule has 1 fully saturated rings. The second-order valence-corrected chi connectivity index (χ2v) is 8.02. The summed E-state index contributed by atoms with van der Waals surface area (Å²) in [5.74, 6) is 0.470. The summed E-state index contributed by atoms with van der Waals surface area (Å²) < 4.78 is 0. The number of aromatic nitrogens is 1. The van der Waals surface area contributed by atoms with E-state index in [0.29, 0.717) is 36.3 Å². The van der Waals surface area contributed by atoms with E-state index in [1.54, 1.807) is 4.90 Å². The maximum Gasteiger partial charge on any atom is 0.228 e. The molecule has 27 heavy (non-hydrogen) atoms. The number of nitrogens with zero attached hydrogens (tertiary/aromatic N) is 2. The van der Waals surface area contributed by atoms with Crippen LogP contribution in [0.5, 0.6) is 0 Å². The van der Waals surface area contributed by atoms with Gasteiger partial charge in [-0.1, -0.05) is 38.1 Å². The molecular weight excluding hydrogens is 360 g/mol. The molecule has 0 saturated carbocycles. The Morgan fingerprint density at radius 3 is 2.63 bits per heavy atom. The SMILES string of the molecule is CC(C)c1ccc(C(N)CNC(=O)Cc2csc(N3CCCC3=O)n2)cc1. The second kappa shape index (κ2) is 8.63.